The molecular weight excluding hydrogens is 323 g/mol. The van der Waals surface area contributed by atoms with Gasteiger partial charge in [0.15, 0.2) is 15.5 Å². The lowest BCUT2D eigenvalue weighted by Crippen LogP contribution is -2.21. The van der Waals surface area contributed by atoms with Gasteiger partial charge in [0.1, 0.15) is 0 Å². The van der Waals surface area contributed by atoms with E-state index in [1.807, 2.05) is 0 Å². The molecule has 0 spiro atoms. The van der Waals surface area contributed by atoms with E-state index in [0.717, 1.165) is 18.4 Å². The first kappa shape index (κ1) is 16.0. The monoisotopic (exact) mass is 333 g/mol. The summed E-state index contributed by atoms with van der Waals surface area (Å²) in [6.07, 6.45) is -3.42. The summed E-state index contributed by atoms with van der Waals surface area (Å²) in [6.45, 7) is 0. The van der Waals surface area contributed by atoms with Gasteiger partial charge in [-0.15, -0.1) is 0 Å². The Bertz CT molecular complexity index is 841. The van der Waals surface area contributed by atoms with Gasteiger partial charge in [0, 0.05) is 6.26 Å². The smallest absolute Gasteiger partial charge is 0.365 e. The Labute approximate surface area is 123 Å². The van der Waals surface area contributed by atoms with Crippen LogP contribution in [0.25, 0.3) is 5.69 Å². The van der Waals surface area contributed by atoms with Crippen molar-refractivity contribution in [2.45, 2.75) is 11.1 Å². The van der Waals surface area contributed by atoms with Crippen LogP contribution in [0.3, 0.4) is 0 Å². The third-order valence-corrected chi connectivity index (χ3v) is 3.94. The number of primary amides is 1. The molecule has 0 unspecified atom stereocenters. The largest absolute Gasteiger partial charge is 0.434 e. The minimum absolute atomic E-state index is 0.315. The van der Waals surface area contributed by atoms with Crippen molar-refractivity contribution >= 4 is 15.7 Å². The molecule has 1 aromatic heterocycles. The lowest BCUT2D eigenvalue weighted by Gasteiger charge is -2.14. The predicted molar refractivity (Wildman–Crippen MR) is 70.2 cm³/mol. The molecule has 0 atom stereocenters. The highest BCUT2D eigenvalue weighted by Crippen LogP contribution is 2.34. The van der Waals surface area contributed by atoms with Crippen molar-refractivity contribution in [3.8, 4) is 5.69 Å². The summed E-state index contributed by atoms with van der Waals surface area (Å²) in [5.74, 6) is -1.31. The standard InChI is InChI=1S/C12H10F3N3O3S/c1-22(20,21)9-5-3-2-4-8(9)18-10(12(13,14)15)7(6-17-18)11(16)19/h2-6H,1H3,(H2,16,19). The fraction of sp³-hybridized carbons (Fsp3) is 0.167. The Morgan fingerprint density at radius 2 is 1.86 bits per heavy atom. The zero-order valence-electron chi connectivity index (χ0n) is 11.1. The molecule has 0 aliphatic carbocycles. The van der Waals surface area contributed by atoms with E-state index in [-0.39, 0.29) is 10.6 Å². The number of hydrogen-bond donors (Lipinski definition) is 1. The average Bonchev–Trinajstić information content (AvgIpc) is 2.82. The van der Waals surface area contributed by atoms with Crippen LogP contribution < -0.4 is 5.73 Å². The van der Waals surface area contributed by atoms with Crippen molar-refractivity contribution in [2.75, 3.05) is 6.26 Å². The lowest BCUT2D eigenvalue weighted by molar-refractivity contribution is -0.143. The molecule has 2 rings (SSSR count). The van der Waals surface area contributed by atoms with Crippen LogP contribution in [0, 0.1) is 0 Å². The van der Waals surface area contributed by atoms with Gasteiger partial charge in [0.2, 0.25) is 0 Å². The molecule has 1 heterocycles. The van der Waals surface area contributed by atoms with E-state index >= 15 is 0 Å². The average molecular weight is 333 g/mol. The maximum atomic E-state index is 13.2. The number of carbonyl (C=O) groups is 1. The lowest BCUT2D eigenvalue weighted by atomic mass is 10.2. The number of nitrogens with two attached hydrogens (primary N) is 1. The molecule has 0 fully saturated rings. The summed E-state index contributed by atoms with van der Waals surface area (Å²) in [5, 5.41) is 3.48. The van der Waals surface area contributed by atoms with Gasteiger partial charge >= 0.3 is 6.18 Å². The topological polar surface area (TPSA) is 95.1 Å². The summed E-state index contributed by atoms with van der Waals surface area (Å²) in [5.41, 5.74) is 2.34. The Kier molecular flexibility index (Phi) is 3.73. The second-order valence-electron chi connectivity index (χ2n) is 4.42. The van der Waals surface area contributed by atoms with Crippen molar-refractivity contribution < 1.29 is 26.4 Å². The van der Waals surface area contributed by atoms with Crippen LogP contribution in [0.5, 0.6) is 0 Å². The molecular formula is C12H10F3N3O3S. The molecule has 10 heteroatoms. The van der Waals surface area contributed by atoms with Gasteiger partial charge < -0.3 is 5.73 Å². The summed E-state index contributed by atoms with van der Waals surface area (Å²) in [6, 6.07) is 5.03. The fourth-order valence-electron chi connectivity index (χ4n) is 1.93. The van der Waals surface area contributed by atoms with Gasteiger partial charge in [-0.05, 0) is 12.1 Å². The Morgan fingerprint density at radius 1 is 1.27 bits per heavy atom. The van der Waals surface area contributed by atoms with E-state index in [9.17, 15) is 26.4 Å². The SMILES string of the molecule is CS(=O)(=O)c1ccccc1-n1ncc(C(N)=O)c1C(F)(F)F. The van der Waals surface area contributed by atoms with Gasteiger partial charge in [0.25, 0.3) is 5.91 Å². The number of rotatable bonds is 3. The summed E-state index contributed by atoms with van der Waals surface area (Å²) in [7, 11) is -3.80. The highest BCUT2D eigenvalue weighted by atomic mass is 32.2. The number of alkyl halides is 3. The summed E-state index contributed by atoms with van der Waals surface area (Å²) >= 11 is 0. The van der Waals surface area contributed by atoms with Gasteiger partial charge in [-0.1, -0.05) is 12.1 Å². The molecule has 0 saturated heterocycles. The number of sulfone groups is 1. The predicted octanol–water partition coefficient (Wildman–Crippen LogP) is 1.39. The van der Waals surface area contributed by atoms with Gasteiger partial charge in [-0.3, -0.25) is 4.79 Å². The first-order valence-electron chi connectivity index (χ1n) is 5.78. The molecule has 0 radical (unpaired) electrons. The van der Waals surface area contributed by atoms with Gasteiger partial charge in [-0.25, -0.2) is 13.1 Å². The van der Waals surface area contributed by atoms with E-state index < -0.39 is 33.2 Å². The van der Waals surface area contributed by atoms with Crippen LogP contribution in [-0.2, 0) is 16.0 Å². The van der Waals surface area contributed by atoms with Crippen LogP contribution >= 0.6 is 0 Å². The molecule has 2 aromatic rings. The van der Waals surface area contributed by atoms with Crippen LogP contribution in [0.15, 0.2) is 35.4 Å². The van der Waals surface area contributed by atoms with Crippen molar-refractivity contribution in [3.63, 3.8) is 0 Å². The number of amides is 1. The third kappa shape index (κ3) is 2.82. The molecule has 1 aromatic carbocycles. The number of aromatic nitrogens is 2. The van der Waals surface area contributed by atoms with Crippen molar-refractivity contribution in [2.24, 2.45) is 5.73 Å². The first-order valence-corrected chi connectivity index (χ1v) is 7.67. The van der Waals surface area contributed by atoms with Crippen molar-refractivity contribution in [3.05, 3.63) is 41.7 Å². The summed E-state index contributed by atoms with van der Waals surface area (Å²) < 4.78 is 63.4. The molecule has 1 amide bonds. The normalized spacial score (nSPS) is 12.4. The number of nitrogens with zero attached hydrogens (tertiary/aromatic N) is 2. The fourth-order valence-corrected chi connectivity index (χ4v) is 2.79. The molecule has 118 valence electrons. The van der Waals surface area contributed by atoms with Crippen LogP contribution in [0.1, 0.15) is 16.1 Å². The molecule has 6 nitrogen and oxygen atoms in total. The molecule has 0 aliphatic rings. The molecule has 0 aliphatic heterocycles. The van der Waals surface area contributed by atoms with Crippen LogP contribution in [-0.4, -0.2) is 30.4 Å². The van der Waals surface area contributed by atoms with Crippen molar-refractivity contribution in [1.82, 2.24) is 9.78 Å². The van der Waals surface area contributed by atoms with Crippen LogP contribution in [0.2, 0.25) is 0 Å². The number of para-hydroxylation sites is 1. The molecule has 22 heavy (non-hydrogen) atoms. The quantitative estimate of drug-likeness (QED) is 0.918. The van der Waals surface area contributed by atoms with E-state index in [1.54, 1.807) is 0 Å². The molecule has 2 N–H and O–H groups in total. The Balaban J connectivity index is 2.84. The van der Waals surface area contributed by atoms with Gasteiger partial charge in [-0.2, -0.15) is 18.3 Å². The van der Waals surface area contributed by atoms with E-state index in [4.69, 9.17) is 5.73 Å². The summed E-state index contributed by atoms with van der Waals surface area (Å²) in [4.78, 5) is 10.8. The van der Waals surface area contributed by atoms with E-state index in [2.05, 4.69) is 5.10 Å². The zero-order chi connectivity index (χ0) is 16.7. The van der Waals surface area contributed by atoms with Gasteiger partial charge in [0.05, 0.1) is 22.3 Å². The zero-order valence-corrected chi connectivity index (χ0v) is 11.9. The third-order valence-electron chi connectivity index (χ3n) is 2.80. The Morgan fingerprint density at radius 3 is 2.36 bits per heavy atom. The number of carbonyl (C=O) groups excluding carboxylic acids is 1. The molecule has 0 saturated carbocycles. The second kappa shape index (κ2) is 5.13. The Hall–Kier alpha value is -2.36. The molecule has 0 bridgehead atoms. The first-order chi connectivity index (χ1) is 10.0. The highest BCUT2D eigenvalue weighted by Gasteiger charge is 2.40. The highest BCUT2D eigenvalue weighted by molar-refractivity contribution is 7.90. The minimum atomic E-state index is -4.94. The maximum Gasteiger partial charge on any atom is 0.434 e. The van der Waals surface area contributed by atoms with E-state index in [1.165, 1.54) is 12.1 Å². The second-order valence-corrected chi connectivity index (χ2v) is 6.40. The van der Waals surface area contributed by atoms with Crippen molar-refractivity contribution in [1.29, 1.82) is 0 Å². The minimum Gasteiger partial charge on any atom is -0.365 e. The number of benzene rings is 1. The van der Waals surface area contributed by atoms with E-state index in [0.29, 0.717) is 10.9 Å². The van der Waals surface area contributed by atoms with Crippen LogP contribution in [0.4, 0.5) is 13.2 Å². The number of hydrogen-bond acceptors (Lipinski definition) is 4. The maximum absolute atomic E-state index is 13.2. The number of halogens is 3.